The molecule has 2 aliphatic rings. The van der Waals surface area contributed by atoms with Gasteiger partial charge in [-0.15, -0.1) is 17.6 Å². The van der Waals surface area contributed by atoms with Crippen LogP contribution in [0.3, 0.4) is 0 Å². The molecule has 0 saturated carbocycles. The Balaban J connectivity index is 1.58. The van der Waals surface area contributed by atoms with E-state index >= 15 is 26.7 Å². The first-order valence-electron chi connectivity index (χ1n) is 19.4. The van der Waals surface area contributed by atoms with E-state index in [1.54, 1.807) is 48.5 Å². The molecule has 12 heteroatoms. The Morgan fingerprint density at radius 3 is 1.08 bits per heavy atom. The van der Waals surface area contributed by atoms with E-state index in [4.69, 9.17) is 18.9 Å². The van der Waals surface area contributed by atoms with Crippen molar-refractivity contribution in [2.75, 3.05) is 0 Å². The highest BCUT2D eigenvalue weighted by molar-refractivity contribution is 7.86. The normalized spacial score (nSPS) is 15.1. The monoisotopic (exact) mass is 854 g/mol. The van der Waals surface area contributed by atoms with Crippen molar-refractivity contribution >= 4 is 46.1 Å². The predicted octanol–water partition coefficient (Wildman–Crippen LogP) is 10.4. The van der Waals surface area contributed by atoms with E-state index in [1.165, 1.54) is 26.0 Å². The number of hydrogen-bond acceptors (Lipinski definition) is 6. The van der Waals surface area contributed by atoms with Gasteiger partial charge >= 0.3 is 12.6 Å². The molecule has 0 radical (unpaired) electrons. The third-order valence-electron chi connectivity index (χ3n) is 11.0. The van der Waals surface area contributed by atoms with Crippen molar-refractivity contribution in [2.45, 2.75) is 81.8 Å². The standard InChI is InChI=1S/C48H44F4O6P2/c1-25-11-26(2)16-35(15-25)59(53,36-17-27(3)12-28(4)18-36)40-24-39(45-44(34(40)10)56-48(51,52)57-45)42-41(23-33(9)43-46(42)58-47(49,50)55-43)60(54,37-19-29(5)13-30(6)20-37)38-21-31(7)14-32(8)22-38/h11-24H,1-10H3. The molecule has 8 rings (SSSR count). The number of benzene rings is 6. The first-order chi connectivity index (χ1) is 28.0. The van der Waals surface area contributed by atoms with Gasteiger partial charge < -0.3 is 28.1 Å². The van der Waals surface area contributed by atoms with Gasteiger partial charge in [-0.3, -0.25) is 0 Å². The number of alkyl halides is 4. The molecule has 60 heavy (non-hydrogen) atoms. The summed E-state index contributed by atoms with van der Waals surface area (Å²) in [4.78, 5) is 0. The number of ether oxygens (including phenoxy) is 4. The van der Waals surface area contributed by atoms with E-state index in [-0.39, 0.29) is 38.6 Å². The van der Waals surface area contributed by atoms with Crippen molar-refractivity contribution in [2.24, 2.45) is 0 Å². The van der Waals surface area contributed by atoms with Crippen LogP contribution in [0, 0.1) is 69.2 Å². The minimum Gasteiger partial charge on any atom is -0.395 e. The van der Waals surface area contributed by atoms with Crippen LogP contribution in [-0.4, -0.2) is 12.6 Å². The largest absolute Gasteiger partial charge is 0.586 e. The molecular weight excluding hydrogens is 810 g/mol. The van der Waals surface area contributed by atoms with E-state index in [1.807, 2.05) is 79.7 Å². The van der Waals surface area contributed by atoms with Crippen LogP contribution in [0.15, 0.2) is 84.9 Å². The molecule has 0 aliphatic carbocycles. The number of halogens is 4. The molecule has 2 aliphatic heterocycles. The molecule has 6 aromatic carbocycles. The number of hydrogen-bond donors (Lipinski definition) is 0. The van der Waals surface area contributed by atoms with Gasteiger partial charge in [0.2, 0.25) is 0 Å². The van der Waals surface area contributed by atoms with Crippen LogP contribution < -0.4 is 50.8 Å². The minimum atomic E-state index is -4.22. The van der Waals surface area contributed by atoms with Gasteiger partial charge in [-0.1, -0.05) is 68.8 Å². The molecule has 0 saturated heterocycles. The third kappa shape index (κ3) is 6.92. The van der Waals surface area contributed by atoms with Crippen LogP contribution in [-0.2, 0) is 9.13 Å². The van der Waals surface area contributed by atoms with E-state index in [0.29, 0.717) is 21.2 Å². The zero-order valence-corrected chi connectivity index (χ0v) is 36.7. The highest BCUT2D eigenvalue weighted by Crippen LogP contribution is 2.60. The fourth-order valence-electron chi connectivity index (χ4n) is 8.84. The molecule has 0 fully saturated rings. The van der Waals surface area contributed by atoms with Crippen molar-refractivity contribution in [3.05, 3.63) is 141 Å². The molecule has 2 heterocycles. The lowest BCUT2D eigenvalue weighted by Crippen LogP contribution is -2.30. The highest BCUT2D eigenvalue weighted by Gasteiger charge is 2.52. The van der Waals surface area contributed by atoms with E-state index in [9.17, 15) is 0 Å². The van der Waals surface area contributed by atoms with Crippen LogP contribution in [0.2, 0.25) is 0 Å². The van der Waals surface area contributed by atoms with Crippen molar-refractivity contribution < 1.29 is 45.6 Å². The van der Waals surface area contributed by atoms with Gasteiger partial charge in [-0.2, -0.15) is 0 Å². The van der Waals surface area contributed by atoms with Crippen LogP contribution in [0.1, 0.15) is 55.6 Å². The second-order valence-electron chi connectivity index (χ2n) is 16.4. The van der Waals surface area contributed by atoms with E-state index in [0.717, 1.165) is 44.5 Å². The molecule has 0 unspecified atom stereocenters. The lowest BCUT2D eigenvalue weighted by Gasteiger charge is -2.28. The molecule has 6 nitrogen and oxygen atoms in total. The van der Waals surface area contributed by atoms with E-state index < -0.39 is 44.1 Å². The van der Waals surface area contributed by atoms with Crippen molar-refractivity contribution in [3.8, 4) is 34.1 Å². The zero-order valence-electron chi connectivity index (χ0n) is 34.9. The van der Waals surface area contributed by atoms with Crippen LogP contribution in [0.5, 0.6) is 23.0 Å². The first-order valence-corrected chi connectivity index (χ1v) is 22.8. The molecule has 0 N–H and O–H groups in total. The van der Waals surface area contributed by atoms with Gasteiger partial charge in [0.15, 0.2) is 37.3 Å². The molecule has 310 valence electrons. The SMILES string of the molecule is Cc1cc(C)cc(P(=O)(c2cc(C)cc(C)c2)c2cc(-c3c(P(=O)(c4cc(C)cc(C)c4)c4cc(C)cc(C)c4)cc(C)c4c3OC(F)(F)O4)c3c(c2C)OC(F)(F)O3)c1. The quantitative estimate of drug-likeness (QED) is 0.118. The third-order valence-corrected chi connectivity index (χ3v) is 17.1. The van der Waals surface area contributed by atoms with Gasteiger partial charge in [0, 0.05) is 48.5 Å². The molecule has 0 aromatic heterocycles. The lowest BCUT2D eigenvalue weighted by molar-refractivity contribution is -0.288. The Kier molecular flexibility index (Phi) is 9.76. The van der Waals surface area contributed by atoms with Crippen molar-refractivity contribution in [3.63, 3.8) is 0 Å². The molecule has 0 amide bonds. The number of aryl methyl sites for hydroxylation is 9. The summed E-state index contributed by atoms with van der Waals surface area (Å²) in [5, 5.41) is 1.67. The van der Waals surface area contributed by atoms with Gasteiger partial charge in [-0.05, 0) is 135 Å². The fraction of sp³-hybridized carbons (Fsp3) is 0.250. The van der Waals surface area contributed by atoms with Gasteiger partial charge in [-0.25, -0.2) is 0 Å². The van der Waals surface area contributed by atoms with Gasteiger partial charge in [0.1, 0.15) is 0 Å². The molecular formula is C48H44F4O6P2. The summed E-state index contributed by atoms with van der Waals surface area (Å²) < 4.78 is 117. The summed E-state index contributed by atoms with van der Waals surface area (Å²) in [6.07, 6.45) is -8.40. The average Bonchev–Trinajstić information content (AvgIpc) is 3.64. The Hall–Kier alpha value is -5.30. The Morgan fingerprint density at radius 2 is 0.700 bits per heavy atom. The molecule has 6 aromatic rings. The Bertz CT molecular complexity index is 2730. The fourth-order valence-corrected chi connectivity index (χ4v) is 15.4. The van der Waals surface area contributed by atoms with Gasteiger partial charge in [0.25, 0.3) is 0 Å². The molecule has 0 atom stereocenters. The maximum atomic E-state index is 16.7. The van der Waals surface area contributed by atoms with Gasteiger partial charge in [0.05, 0.1) is 0 Å². The summed E-state index contributed by atoms with van der Waals surface area (Å²) in [7, 11) is -8.25. The highest BCUT2D eigenvalue weighted by atomic mass is 31.2. The average molecular weight is 855 g/mol. The van der Waals surface area contributed by atoms with Crippen molar-refractivity contribution in [1.29, 1.82) is 0 Å². The number of rotatable bonds is 7. The Morgan fingerprint density at radius 1 is 0.383 bits per heavy atom. The first kappa shape index (κ1) is 41.4. The smallest absolute Gasteiger partial charge is 0.395 e. The summed E-state index contributed by atoms with van der Waals surface area (Å²) in [5.74, 6) is -1.88. The second kappa shape index (κ2) is 14.1. The summed E-state index contributed by atoms with van der Waals surface area (Å²) >= 11 is 0. The topological polar surface area (TPSA) is 71.1 Å². The maximum absolute atomic E-state index is 16.7. The van der Waals surface area contributed by atoms with E-state index in [2.05, 4.69) is 0 Å². The van der Waals surface area contributed by atoms with Crippen LogP contribution in [0.25, 0.3) is 11.1 Å². The number of fused-ring (bicyclic) bond motifs is 2. The molecule has 0 bridgehead atoms. The van der Waals surface area contributed by atoms with Crippen LogP contribution in [0.4, 0.5) is 17.6 Å². The predicted molar refractivity (Wildman–Crippen MR) is 230 cm³/mol. The van der Waals surface area contributed by atoms with Crippen molar-refractivity contribution in [1.82, 2.24) is 0 Å². The second-order valence-corrected chi connectivity index (χ2v) is 21.9. The van der Waals surface area contributed by atoms with Crippen LogP contribution >= 0.6 is 14.3 Å². The Labute approximate surface area is 347 Å². The minimum absolute atomic E-state index is 0.00139. The lowest BCUT2D eigenvalue weighted by atomic mass is 9.98. The summed E-state index contributed by atoms with van der Waals surface area (Å²) in [5.41, 5.74) is 6.18. The zero-order chi connectivity index (χ0) is 43.4. The maximum Gasteiger partial charge on any atom is 0.586 e. The summed E-state index contributed by atoms with van der Waals surface area (Å²) in [6, 6.07) is 24.9. The molecule has 0 spiro atoms. The summed E-state index contributed by atoms with van der Waals surface area (Å²) in [6.45, 7) is 18.0.